The fraction of sp³-hybridized carbons (Fsp3) is 0.312. The summed E-state index contributed by atoms with van der Waals surface area (Å²) in [6.45, 7) is -0.0700. The number of aromatic nitrogens is 1. The minimum atomic E-state index is -4.97. The second kappa shape index (κ2) is 6.83. The molecule has 1 aromatic heterocycles. The molecule has 1 aromatic carbocycles. The van der Waals surface area contributed by atoms with Crippen LogP contribution >= 0.6 is 11.3 Å². The summed E-state index contributed by atoms with van der Waals surface area (Å²) >= 11 is 1.47. The van der Waals surface area contributed by atoms with Crippen LogP contribution in [0.15, 0.2) is 35.8 Å². The van der Waals surface area contributed by atoms with Crippen LogP contribution in [0.25, 0.3) is 10.6 Å². The van der Waals surface area contributed by atoms with Gasteiger partial charge in [0.2, 0.25) is 5.91 Å². The third-order valence-corrected chi connectivity index (χ3v) is 4.71. The highest BCUT2D eigenvalue weighted by atomic mass is 32.1. The lowest BCUT2D eigenvalue weighted by Crippen LogP contribution is -2.48. The molecule has 132 valence electrons. The maximum atomic E-state index is 12.6. The quantitative estimate of drug-likeness (QED) is 0.903. The van der Waals surface area contributed by atoms with Crippen molar-refractivity contribution in [3.8, 4) is 10.6 Å². The second-order valence-corrected chi connectivity index (χ2v) is 6.45. The van der Waals surface area contributed by atoms with Crippen molar-refractivity contribution in [1.29, 1.82) is 0 Å². The van der Waals surface area contributed by atoms with E-state index in [1.54, 1.807) is 30.5 Å². The lowest BCUT2D eigenvalue weighted by Gasteiger charge is -2.24. The van der Waals surface area contributed by atoms with Crippen molar-refractivity contribution in [3.63, 3.8) is 0 Å². The van der Waals surface area contributed by atoms with E-state index >= 15 is 0 Å². The van der Waals surface area contributed by atoms with E-state index in [9.17, 15) is 22.8 Å². The van der Waals surface area contributed by atoms with E-state index in [0.717, 1.165) is 10.6 Å². The maximum absolute atomic E-state index is 12.6. The van der Waals surface area contributed by atoms with Gasteiger partial charge in [0, 0.05) is 29.4 Å². The van der Waals surface area contributed by atoms with Crippen molar-refractivity contribution >= 4 is 28.8 Å². The summed E-state index contributed by atoms with van der Waals surface area (Å²) in [6.07, 6.45) is -2.71. The molecule has 1 aliphatic rings. The van der Waals surface area contributed by atoms with Gasteiger partial charge in [-0.15, -0.1) is 11.3 Å². The van der Waals surface area contributed by atoms with E-state index in [4.69, 9.17) is 0 Å². The fourth-order valence-corrected chi connectivity index (χ4v) is 3.38. The lowest BCUT2D eigenvalue weighted by molar-refractivity contribution is -0.186. The highest BCUT2D eigenvalue weighted by Crippen LogP contribution is 2.27. The Bertz CT molecular complexity index is 760. The van der Waals surface area contributed by atoms with Crippen molar-refractivity contribution < 1.29 is 22.8 Å². The van der Waals surface area contributed by atoms with Crippen LogP contribution in [0.1, 0.15) is 12.8 Å². The van der Waals surface area contributed by atoms with Crippen LogP contribution in [-0.2, 0) is 9.59 Å². The number of alkyl halides is 3. The Hall–Kier alpha value is -2.42. The minimum absolute atomic E-state index is 0.0700. The third-order valence-electron chi connectivity index (χ3n) is 3.89. The number of benzene rings is 1. The summed E-state index contributed by atoms with van der Waals surface area (Å²) in [6, 6.07) is 5.73. The number of hydrogen-bond donors (Lipinski definition) is 1. The number of rotatable bonds is 3. The van der Waals surface area contributed by atoms with Gasteiger partial charge in [-0.2, -0.15) is 13.2 Å². The normalized spacial score (nSPS) is 17.6. The van der Waals surface area contributed by atoms with Crippen LogP contribution in [0.4, 0.5) is 18.9 Å². The van der Waals surface area contributed by atoms with Crippen LogP contribution in [0.2, 0.25) is 0 Å². The minimum Gasteiger partial charge on any atom is -0.324 e. The molecule has 5 nitrogen and oxygen atoms in total. The topological polar surface area (TPSA) is 62.3 Å². The first-order valence-electron chi connectivity index (χ1n) is 7.55. The van der Waals surface area contributed by atoms with E-state index in [0.29, 0.717) is 17.0 Å². The number of carbonyl (C=O) groups excluding carboxylic acids is 2. The smallest absolute Gasteiger partial charge is 0.324 e. The van der Waals surface area contributed by atoms with Crippen LogP contribution in [0.5, 0.6) is 0 Å². The molecule has 9 heteroatoms. The van der Waals surface area contributed by atoms with Gasteiger partial charge in [0.25, 0.3) is 0 Å². The molecular weight excluding hydrogens is 355 g/mol. The van der Waals surface area contributed by atoms with Crippen molar-refractivity contribution in [2.45, 2.75) is 25.1 Å². The van der Waals surface area contributed by atoms with Gasteiger partial charge < -0.3 is 10.2 Å². The maximum Gasteiger partial charge on any atom is 0.471 e. The average Bonchev–Trinajstić information content (AvgIpc) is 3.25. The molecular formula is C16H14F3N3O2S. The van der Waals surface area contributed by atoms with E-state index in [-0.39, 0.29) is 13.0 Å². The molecule has 2 aromatic rings. The Balaban J connectivity index is 1.68. The number of anilines is 1. The van der Waals surface area contributed by atoms with Gasteiger partial charge in [0.15, 0.2) is 0 Å². The molecule has 0 bridgehead atoms. The average molecular weight is 369 g/mol. The number of likely N-dealkylation sites (tertiary alicyclic amines) is 1. The number of thiazole rings is 1. The molecule has 1 saturated heterocycles. The predicted octanol–water partition coefficient (Wildman–Crippen LogP) is 3.30. The van der Waals surface area contributed by atoms with Crippen molar-refractivity contribution in [2.24, 2.45) is 0 Å². The summed E-state index contributed by atoms with van der Waals surface area (Å²) < 4.78 is 37.8. The van der Waals surface area contributed by atoms with Gasteiger partial charge in [0.05, 0.1) is 0 Å². The van der Waals surface area contributed by atoms with E-state index < -0.39 is 24.0 Å². The molecule has 1 fully saturated rings. The molecule has 1 atom stereocenters. The van der Waals surface area contributed by atoms with Crippen LogP contribution < -0.4 is 5.32 Å². The molecule has 0 aliphatic carbocycles. The number of nitrogens with zero attached hydrogens (tertiary/aromatic N) is 2. The van der Waals surface area contributed by atoms with Gasteiger partial charge in [-0.3, -0.25) is 9.59 Å². The van der Waals surface area contributed by atoms with Crippen molar-refractivity contribution in [3.05, 3.63) is 35.8 Å². The molecule has 0 radical (unpaired) electrons. The molecule has 1 unspecified atom stereocenters. The molecule has 3 rings (SSSR count). The Morgan fingerprint density at radius 2 is 1.96 bits per heavy atom. The number of halogens is 3. The highest BCUT2D eigenvalue weighted by Gasteiger charge is 2.47. The van der Waals surface area contributed by atoms with Crippen LogP contribution in [0, 0.1) is 0 Å². The molecule has 0 saturated carbocycles. The van der Waals surface area contributed by atoms with Crippen LogP contribution in [0.3, 0.4) is 0 Å². The molecule has 2 heterocycles. The fourth-order valence-electron chi connectivity index (χ4n) is 2.73. The van der Waals surface area contributed by atoms with Crippen LogP contribution in [-0.4, -0.2) is 40.5 Å². The van der Waals surface area contributed by atoms with Crippen molar-refractivity contribution in [2.75, 3.05) is 11.9 Å². The summed E-state index contributed by atoms with van der Waals surface area (Å²) in [4.78, 5) is 28.5. The first-order valence-corrected chi connectivity index (χ1v) is 8.43. The zero-order chi connectivity index (χ0) is 18.0. The van der Waals surface area contributed by atoms with E-state index in [1.165, 1.54) is 11.3 Å². The van der Waals surface area contributed by atoms with Gasteiger partial charge in [-0.05, 0) is 37.1 Å². The molecule has 1 aliphatic heterocycles. The first kappa shape index (κ1) is 17.4. The Morgan fingerprint density at radius 1 is 1.24 bits per heavy atom. The van der Waals surface area contributed by atoms with Gasteiger partial charge in [0.1, 0.15) is 11.0 Å². The SMILES string of the molecule is O=C(Nc1ccc(-c2nccs2)cc1)C1CCCN1C(=O)C(F)(F)F. The van der Waals surface area contributed by atoms with Gasteiger partial charge in [-0.25, -0.2) is 4.98 Å². The predicted molar refractivity (Wildman–Crippen MR) is 87.0 cm³/mol. The Morgan fingerprint density at radius 3 is 2.56 bits per heavy atom. The molecule has 25 heavy (non-hydrogen) atoms. The molecule has 2 amide bonds. The van der Waals surface area contributed by atoms with Gasteiger partial charge in [-0.1, -0.05) is 0 Å². The zero-order valence-electron chi connectivity index (χ0n) is 12.9. The highest BCUT2D eigenvalue weighted by molar-refractivity contribution is 7.13. The number of carbonyl (C=O) groups is 2. The largest absolute Gasteiger partial charge is 0.471 e. The third kappa shape index (κ3) is 3.81. The van der Waals surface area contributed by atoms with E-state index in [2.05, 4.69) is 10.3 Å². The zero-order valence-corrected chi connectivity index (χ0v) is 13.7. The Labute approximate surface area is 145 Å². The number of amides is 2. The second-order valence-electron chi connectivity index (χ2n) is 5.56. The van der Waals surface area contributed by atoms with E-state index in [1.807, 2.05) is 5.38 Å². The lowest BCUT2D eigenvalue weighted by atomic mass is 10.1. The summed E-state index contributed by atoms with van der Waals surface area (Å²) in [5, 5.41) is 5.25. The number of nitrogens with one attached hydrogen (secondary N) is 1. The molecule has 0 spiro atoms. The monoisotopic (exact) mass is 369 g/mol. The summed E-state index contributed by atoms with van der Waals surface area (Å²) in [5.74, 6) is -2.58. The molecule has 1 N–H and O–H groups in total. The number of hydrogen-bond acceptors (Lipinski definition) is 4. The summed E-state index contributed by atoms with van der Waals surface area (Å²) in [5.41, 5.74) is 1.33. The Kier molecular flexibility index (Phi) is 4.76. The standard InChI is InChI=1S/C16H14F3N3O2S/c17-16(18,19)15(24)22-8-1-2-12(22)13(23)21-11-5-3-10(4-6-11)14-20-7-9-25-14/h3-7,9,12H,1-2,8H2,(H,21,23). The van der Waals surface area contributed by atoms with Gasteiger partial charge >= 0.3 is 12.1 Å². The summed E-state index contributed by atoms with van der Waals surface area (Å²) in [7, 11) is 0. The first-order chi connectivity index (χ1) is 11.9. The van der Waals surface area contributed by atoms with Crippen molar-refractivity contribution in [1.82, 2.24) is 9.88 Å².